The van der Waals surface area contributed by atoms with Gasteiger partial charge in [-0.05, 0) is 18.9 Å². The molecular weight excluding hydrogens is 372 g/mol. The molecule has 0 aromatic heterocycles. The monoisotopic (exact) mass is 393 g/mol. The van der Waals surface area contributed by atoms with Gasteiger partial charge in [-0.2, -0.15) is 0 Å². The molecule has 1 atom stereocenters. The second-order valence-electron chi connectivity index (χ2n) is 4.53. The fourth-order valence-corrected chi connectivity index (χ4v) is 2.06. The van der Waals surface area contributed by atoms with E-state index in [1.807, 2.05) is 6.07 Å². The summed E-state index contributed by atoms with van der Waals surface area (Å²) >= 11 is 0. The lowest BCUT2D eigenvalue weighted by molar-refractivity contribution is 0.114. The first kappa shape index (κ1) is 17.2. The zero-order valence-electron chi connectivity index (χ0n) is 11.6. The molecule has 1 aliphatic rings. The molecule has 0 aliphatic carbocycles. The Hall–Kier alpha value is -0.890. The Morgan fingerprint density at radius 2 is 2.20 bits per heavy atom. The minimum atomic E-state index is -0.204. The van der Waals surface area contributed by atoms with Crippen LogP contribution in [0.1, 0.15) is 18.4 Å². The maximum Gasteiger partial charge on any atom is 0.191 e. The zero-order chi connectivity index (χ0) is 13.5. The molecule has 20 heavy (non-hydrogen) atoms. The van der Waals surface area contributed by atoms with Crippen LogP contribution in [-0.4, -0.2) is 32.3 Å². The average Bonchev–Trinajstić information content (AvgIpc) is 2.94. The number of nitrogens with one attached hydrogen (secondary N) is 2. The van der Waals surface area contributed by atoms with Gasteiger partial charge in [-0.3, -0.25) is 4.99 Å². The van der Waals surface area contributed by atoms with Gasteiger partial charge >= 0.3 is 0 Å². The van der Waals surface area contributed by atoms with Crippen LogP contribution in [0.15, 0.2) is 29.3 Å². The maximum atomic E-state index is 13.5. The summed E-state index contributed by atoms with van der Waals surface area (Å²) in [6, 6.07) is 6.72. The second-order valence-corrected chi connectivity index (χ2v) is 4.53. The van der Waals surface area contributed by atoms with E-state index in [4.69, 9.17) is 4.74 Å². The van der Waals surface area contributed by atoms with Crippen molar-refractivity contribution in [1.82, 2.24) is 10.6 Å². The number of hydrogen-bond acceptors (Lipinski definition) is 2. The lowest BCUT2D eigenvalue weighted by atomic mass is 10.2. The van der Waals surface area contributed by atoms with Crippen molar-refractivity contribution < 1.29 is 9.13 Å². The number of rotatable bonds is 4. The molecule has 112 valence electrons. The molecule has 0 saturated carbocycles. The molecule has 1 heterocycles. The first-order valence-electron chi connectivity index (χ1n) is 6.59. The van der Waals surface area contributed by atoms with Gasteiger partial charge in [0.05, 0.1) is 6.10 Å². The highest BCUT2D eigenvalue weighted by Crippen LogP contribution is 2.10. The highest BCUT2D eigenvalue weighted by Gasteiger charge is 2.15. The van der Waals surface area contributed by atoms with E-state index < -0.39 is 0 Å². The fourth-order valence-electron chi connectivity index (χ4n) is 2.06. The Bertz CT molecular complexity index is 436. The van der Waals surface area contributed by atoms with Gasteiger partial charge in [-0.1, -0.05) is 18.2 Å². The van der Waals surface area contributed by atoms with Crippen molar-refractivity contribution in [2.75, 3.05) is 20.2 Å². The van der Waals surface area contributed by atoms with Crippen molar-refractivity contribution in [3.8, 4) is 0 Å². The molecule has 0 amide bonds. The topological polar surface area (TPSA) is 45.7 Å². The summed E-state index contributed by atoms with van der Waals surface area (Å²) in [6.07, 6.45) is 2.46. The van der Waals surface area contributed by atoms with Gasteiger partial charge in [-0.15, -0.1) is 24.0 Å². The second kappa shape index (κ2) is 9.12. The van der Waals surface area contributed by atoms with Crippen molar-refractivity contribution in [3.05, 3.63) is 35.6 Å². The molecule has 0 spiro atoms. The lowest BCUT2D eigenvalue weighted by Crippen LogP contribution is -2.40. The van der Waals surface area contributed by atoms with E-state index in [2.05, 4.69) is 15.6 Å². The van der Waals surface area contributed by atoms with Gasteiger partial charge in [0.1, 0.15) is 5.82 Å². The summed E-state index contributed by atoms with van der Waals surface area (Å²) in [5.74, 6) is 0.461. The molecule has 1 unspecified atom stereocenters. The van der Waals surface area contributed by atoms with Crippen LogP contribution in [-0.2, 0) is 11.3 Å². The van der Waals surface area contributed by atoms with Gasteiger partial charge < -0.3 is 15.4 Å². The summed E-state index contributed by atoms with van der Waals surface area (Å²) in [5.41, 5.74) is 0.627. The van der Waals surface area contributed by atoms with Crippen LogP contribution < -0.4 is 10.6 Å². The van der Waals surface area contributed by atoms with Gasteiger partial charge in [0.2, 0.25) is 0 Å². The molecule has 0 bridgehead atoms. The predicted molar refractivity (Wildman–Crippen MR) is 89.0 cm³/mol. The number of guanidine groups is 1. The maximum absolute atomic E-state index is 13.5. The van der Waals surface area contributed by atoms with Crippen LogP contribution in [0, 0.1) is 5.82 Å². The highest BCUT2D eigenvalue weighted by atomic mass is 127. The molecular formula is C14H21FIN3O. The highest BCUT2D eigenvalue weighted by molar-refractivity contribution is 14.0. The number of aliphatic imine (C=N–C) groups is 1. The van der Waals surface area contributed by atoms with Gasteiger partial charge in [0, 0.05) is 32.3 Å². The summed E-state index contributed by atoms with van der Waals surface area (Å²) in [4.78, 5) is 4.11. The van der Waals surface area contributed by atoms with E-state index in [-0.39, 0.29) is 35.9 Å². The molecule has 4 nitrogen and oxygen atoms in total. The molecule has 1 aromatic carbocycles. The van der Waals surface area contributed by atoms with Crippen LogP contribution in [0.5, 0.6) is 0 Å². The van der Waals surface area contributed by atoms with Crippen LogP contribution in [0.3, 0.4) is 0 Å². The van der Waals surface area contributed by atoms with Crippen molar-refractivity contribution in [2.45, 2.75) is 25.5 Å². The van der Waals surface area contributed by atoms with E-state index in [9.17, 15) is 4.39 Å². The first-order valence-corrected chi connectivity index (χ1v) is 6.59. The summed E-state index contributed by atoms with van der Waals surface area (Å²) < 4.78 is 19.0. The number of halogens is 2. The lowest BCUT2D eigenvalue weighted by Gasteiger charge is -2.15. The first-order chi connectivity index (χ1) is 9.29. The molecule has 1 saturated heterocycles. The third kappa shape index (κ3) is 5.24. The van der Waals surface area contributed by atoms with E-state index in [1.54, 1.807) is 19.2 Å². The Morgan fingerprint density at radius 1 is 1.40 bits per heavy atom. The minimum Gasteiger partial charge on any atom is -0.376 e. The number of benzene rings is 1. The van der Waals surface area contributed by atoms with Crippen LogP contribution in [0.25, 0.3) is 0 Å². The van der Waals surface area contributed by atoms with Crippen molar-refractivity contribution in [3.63, 3.8) is 0 Å². The third-order valence-corrected chi connectivity index (χ3v) is 3.15. The summed E-state index contributed by atoms with van der Waals surface area (Å²) in [5, 5.41) is 6.29. The standard InChI is InChI=1S/C14H20FN3O.HI/c1-16-14(18-10-12-6-4-8-19-12)17-9-11-5-2-3-7-13(11)15;/h2-3,5,7,12H,4,6,8-10H2,1H3,(H2,16,17,18);1H. The zero-order valence-corrected chi connectivity index (χ0v) is 13.9. The molecule has 1 fully saturated rings. The third-order valence-electron chi connectivity index (χ3n) is 3.15. The van der Waals surface area contributed by atoms with Crippen LogP contribution >= 0.6 is 24.0 Å². The molecule has 2 N–H and O–H groups in total. The number of nitrogens with zero attached hydrogens (tertiary/aromatic N) is 1. The van der Waals surface area contributed by atoms with Gasteiger partial charge in [0.25, 0.3) is 0 Å². The summed E-state index contributed by atoms with van der Waals surface area (Å²) in [7, 11) is 1.70. The van der Waals surface area contributed by atoms with E-state index in [1.165, 1.54) is 6.07 Å². The quantitative estimate of drug-likeness (QED) is 0.469. The number of hydrogen-bond donors (Lipinski definition) is 2. The Labute approximate surface area is 136 Å². The molecule has 6 heteroatoms. The molecule has 1 aliphatic heterocycles. The van der Waals surface area contributed by atoms with E-state index >= 15 is 0 Å². The largest absolute Gasteiger partial charge is 0.376 e. The van der Waals surface area contributed by atoms with E-state index in [0.717, 1.165) is 26.0 Å². The van der Waals surface area contributed by atoms with Crippen molar-refractivity contribution in [2.24, 2.45) is 4.99 Å². The van der Waals surface area contributed by atoms with Gasteiger partial charge in [-0.25, -0.2) is 4.39 Å². The Balaban J connectivity index is 0.00000200. The van der Waals surface area contributed by atoms with Crippen LogP contribution in [0.4, 0.5) is 4.39 Å². The van der Waals surface area contributed by atoms with E-state index in [0.29, 0.717) is 18.1 Å². The van der Waals surface area contributed by atoms with Gasteiger partial charge in [0.15, 0.2) is 5.96 Å². The summed E-state index contributed by atoms with van der Waals surface area (Å²) in [6.45, 7) is 1.99. The fraction of sp³-hybridized carbons (Fsp3) is 0.500. The molecule has 1 aromatic rings. The SMILES string of the molecule is CN=C(NCc1ccccc1F)NCC1CCCO1.I. The normalized spacial score (nSPS) is 18.5. The van der Waals surface area contributed by atoms with Crippen molar-refractivity contribution >= 4 is 29.9 Å². The Kier molecular flexibility index (Phi) is 7.83. The van der Waals surface area contributed by atoms with Crippen molar-refractivity contribution in [1.29, 1.82) is 0 Å². The molecule has 0 radical (unpaired) electrons. The smallest absolute Gasteiger partial charge is 0.191 e. The van der Waals surface area contributed by atoms with Crippen LogP contribution in [0.2, 0.25) is 0 Å². The Morgan fingerprint density at radius 3 is 2.85 bits per heavy atom. The predicted octanol–water partition coefficient (Wildman–Crippen LogP) is 2.29. The molecule has 2 rings (SSSR count). The number of ether oxygens (including phenoxy) is 1. The minimum absolute atomic E-state index is 0. The average molecular weight is 393 g/mol.